The average Bonchev–Trinajstić information content (AvgIpc) is 2.60. The van der Waals surface area contributed by atoms with Crippen molar-refractivity contribution in [3.63, 3.8) is 0 Å². The van der Waals surface area contributed by atoms with E-state index < -0.39 is 17.7 Å². The quantitative estimate of drug-likeness (QED) is 0.736. The van der Waals surface area contributed by atoms with Crippen LogP contribution in [0, 0.1) is 11.3 Å². The van der Waals surface area contributed by atoms with Crippen molar-refractivity contribution in [1.29, 1.82) is 0 Å². The fraction of sp³-hybridized carbons (Fsp3) is 0.316. The van der Waals surface area contributed by atoms with Gasteiger partial charge < -0.3 is 19.3 Å². The lowest BCUT2D eigenvalue weighted by atomic mass is 9.91. The molecular weight excluding hydrogens is 346 g/mol. The number of alkyl halides is 2. The van der Waals surface area contributed by atoms with E-state index in [1.165, 1.54) is 18.2 Å². The lowest BCUT2D eigenvalue weighted by Gasteiger charge is -2.16. The van der Waals surface area contributed by atoms with Crippen LogP contribution in [-0.4, -0.2) is 17.4 Å². The molecule has 3 aliphatic rings. The highest BCUT2D eigenvalue weighted by molar-refractivity contribution is 5.93. The maximum Gasteiger partial charge on any atom is 0.586 e. The van der Waals surface area contributed by atoms with E-state index in [0.29, 0.717) is 0 Å². The molecule has 0 unspecified atom stereocenters. The summed E-state index contributed by atoms with van der Waals surface area (Å²) >= 11 is 0. The van der Waals surface area contributed by atoms with Crippen LogP contribution in [0.4, 0.5) is 8.78 Å². The zero-order chi connectivity index (χ0) is 19.1. The van der Waals surface area contributed by atoms with E-state index in [0.717, 1.165) is 6.08 Å². The molecule has 26 heavy (non-hydrogen) atoms. The van der Waals surface area contributed by atoms with Crippen molar-refractivity contribution in [2.75, 3.05) is 0 Å². The Morgan fingerprint density at radius 2 is 1.92 bits per heavy atom. The number of hydrogen-bond donors (Lipinski definition) is 1. The van der Waals surface area contributed by atoms with Crippen LogP contribution in [0.2, 0.25) is 0 Å². The normalized spacial score (nSPS) is 25.7. The van der Waals surface area contributed by atoms with Crippen LogP contribution in [0.3, 0.4) is 0 Å². The van der Waals surface area contributed by atoms with Gasteiger partial charge in [-0.15, -0.1) is 8.78 Å². The topological polar surface area (TPSA) is 65.0 Å². The summed E-state index contributed by atoms with van der Waals surface area (Å²) < 4.78 is 40.9. The highest BCUT2D eigenvalue weighted by Gasteiger charge is 2.47. The molecule has 0 radical (unpaired) electrons. The van der Waals surface area contributed by atoms with Gasteiger partial charge in [0.15, 0.2) is 23.0 Å². The average molecular weight is 364 g/mol. The van der Waals surface area contributed by atoms with Gasteiger partial charge in [-0.25, -0.2) is 4.79 Å². The minimum Gasteiger partial charge on any atom is -0.504 e. The Balaban J connectivity index is 1.89. The highest BCUT2D eigenvalue weighted by Crippen LogP contribution is 2.41. The molecule has 0 amide bonds. The number of aliphatic hydroxyl groups is 1. The number of carbonyl (C=O) groups excluding carboxylic acids is 1. The fourth-order valence-electron chi connectivity index (χ4n) is 2.70. The van der Waals surface area contributed by atoms with Gasteiger partial charge in [-0.3, -0.25) is 0 Å². The number of halogens is 2. The van der Waals surface area contributed by atoms with Gasteiger partial charge in [0.2, 0.25) is 0 Å². The molecular formula is C19H18F2O5. The summed E-state index contributed by atoms with van der Waals surface area (Å²) in [6, 6.07) is 0. The molecule has 3 rings (SSSR count). The SMILES string of the molecule is C[C@H]1C=CC=C(OC(=O)C2=CC(C)(C)C=C3OC(F)(F)OC3=C2)C(O)=C1. The molecule has 1 fully saturated rings. The van der Waals surface area contributed by atoms with Gasteiger partial charge in [-0.1, -0.05) is 39.0 Å². The van der Waals surface area contributed by atoms with Crippen molar-refractivity contribution in [3.8, 4) is 0 Å². The van der Waals surface area contributed by atoms with Gasteiger partial charge in [0.05, 0.1) is 5.57 Å². The first-order valence-corrected chi connectivity index (χ1v) is 8.00. The number of carbonyl (C=O) groups is 1. The molecule has 1 heterocycles. The second kappa shape index (κ2) is 6.16. The van der Waals surface area contributed by atoms with Crippen LogP contribution in [0.5, 0.6) is 0 Å². The third-order valence-corrected chi connectivity index (χ3v) is 3.79. The summed E-state index contributed by atoms with van der Waals surface area (Å²) in [6.45, 7) is 5.30. The standard InChI is InChI=1S/C19H18F2O5/c1-11-5-4-6-14(13(22)7-11)24-17(23)12-8-15-16(10-18(2,3)9-12)26-19(20,21)25-15/h4-11,22H,1-3H3/t11-/m0/s1. The Bertz CT molecular complexity index is 825. The Labute approximate surface area is 149 Å². The summed E-state index contributed by atoms with van der Waals surface area (Å²) in [5.41, 5.74) is -0.761. The zero-order valence-corrected chi connectivity index (χ0v) is 14.5. The predicted molar refractivity (Wildman–Crippen MR) is 88.3 cm³/mol. The molecule has 1 atom stereocenters. The van der Waals surface area contributed by atoms with Crippen molar-refractivity contribution in [3.05, 3.63) is 71.1 Å². The Morgan fingerprint density at radius 1 is 1.23 bits per heavy atom. The van der Waals surface area contributed by atoms with Crippen LogP contribution in [-0.2, 0) is 19.0 Å². The maximum absolute atomic E-state index is 13.3. The molecule has 1 N–H and O–H groups in total. The number of aliphatic hydroxyl groups excluding tert-OH is 1. The van der Waals surface area contributed by atoms with E-state index in [9.17, 15) is 18.7 Å². The molecule has 0 aromatic carbocycles. The maximum atomic E-state index is 13.3. The summed E-state index contributed by atoms with van der Waals surface area (Å²) in [6.07, 6.45) is 6.80. The Hall–Kier alpha value is -2.83. The van der Waals surface area contributed by atoms with E-state index in [1.54, 1.807) is 26.0 Å². The lowest BCUT2D eigenvalue weighted by molar-refractivity contribution is -0.326. The van der Waals surface area contributed by atoms with E-state index in [2.05, 4.69) is 9.47 Å². The van der Waals surface area contributed by atoms with Crippen molar-refractivity contribution < 1.29 is 32.9 Å². The van der Waals surface area contributed by atoms with Crippen LogP contribution < -0.4 is 0 Å². The molecule has 0 bridgehead atoms. The smallest absolute Gasteiger partial charge is 0.504 e. The first kappa shape index (κ1) is 18.0. The molecule has 1 saturated heterocycles. The number of hydrogen-bond acceptors (Lipinski definition) is 5. The minimum absolute atomic E-state index is 0.00697. The van der Waals surface area contributed by atoms with Crippen molar-refractivity contribution in [2.45, 2.75) is 27.1 Å². The van der Waals surface area contributed by atoms with Gasteiger partial charge in [-0.05, 0) is 30.2 Å². The third kappa shape index (κ3) is 3.87. The van der Waals surface area contributed by atoms with Crippen LogP contribution in [0.15, 0.2) is 71.1 Å². The second-order valence-corrected chi connectivity index (χ2v) is 6.82. The molecule has 2 aliphatic carbocycles. The zero-order valence-electron chi connectivity index (χ0n) is 14.5. The molecule has 0 aromatic rings. The van der Waals surface area contributed by atoms with Crippen molar-refractivity contribution in [2.24, 2.45) is 11.3 Å². The number of esters is 1. The molecule has 7 heteroatoms. The number of ether oxygens (including phenoxy) is 3. The van der Waals surface area contributed by atoms with Gasteiger partial charge >= 0.3 is 12.3 Å². The van der Waals surface area contributed by atoms with Crippen LogP contribution >= 0.6 is 0 Å². The Kier molecular flexibility index (Phi) is 4.26. The number of rotatable bonds is 2. The predicted octanol–water partition coefficient (Wildman–Crippen LogP) is 4.39. The lowest BCUT2D eigenvalue weighted by Crippen LogP contribution is -2.16. The Morgan fingerprint density at radius 3 is 2.65 bits per heavy atom. The van der Waals surface area contributed by atoms with Crippen LogP contribution in [0.1, 0.15) is 20.8 Å². The van der Waals surface area contributed by atoms with Crippen molar-refractivity contribution in [1.82, 2.24) is 0 Å². The molecule has 0 saturated carbocycles. The van der Waals surface area contributed by atoms with Gasteiger partial charge in [0.1, 0.15) is 0 Å². The fourth-order valence-corrected chi connectivity index (χ4v) is 2.70. The number of allylic oxidation sites excluding steroid dienone is 6. The summed E-state index contributed by atoms with van der Waals surface area (Å²) in [4.78, 5) is 12.6. The van der Waals surface area contributed by atoms with E-state index in [4.69, 9.17) is 4.74 Å². The van der Waals surface area contributed by atoms with Gasteiger partial charge in [0, 0.05) is 5.41 Å². The summed E-state index contributed by atoms with van der Waals surface area (Å²) in [5, 5.41) is 10.0. The third-order valence-electron chi connectivity index (χ3n) is 3.79. The monoisotopic (exact) mass is 364 g/mol. The van der Waals surface area contributed by atoms with Crippen molar-refractivity contribution >= 4 is 5.97 Å². The molecule has 138 valence electrons. The minimum atomic E-state index is -3.79. The molecule has 0 aromatic heterocycles. The van der Waals surface area contributed by atoms with Gasteiger partial charge in [0.25, 0.3) is 0 Å². The van der Waals surface area contributed by atoms with E-state index >= 15 is 0 Å². The first-order chi connectivity index (χ1) is 12.0. The first-order valence-electron chi connectivity index (χ1n) is 8.00. The highest BCUT2D eigenvalue weighted by atomic mass is 19.3. The largest absolute Gasteiger partial charge is 0.586 e. The summed E-state index contributed by atoms with van der Waals surface area (Å²) in [5.74, 6) is -1.45. The van der Waals surface area contributed by atoms with Crippen LogP contribution in [0.25, 0.3) is 0 Å². The summed E-state index contributed by atoms with van der Waals surface area (Å²) in [7, 11) is 0. The molecule has 0 spiro atoms. The second-order valence-electron chi connectivity index (χ2n) is 6.82. The molecule has 1 aliphatic heterocycles. The van der Waals surface area contributed by atoms with Gasteiger partial charge in [-0.2, -0.15) is 0 Å². The molecule has 5 nitrogen and oxygen atoms in total. The number of fused-ring (bicyclic) bond motifs is 1. The van der Waals surface area contributed by atoms with E-state index in [1.807, 2.05) is 13.0 Å². The van der Waals surface area contributed by atoms with E-state index in [-0.39, 0.29) is 34.5 Å².